The average Bonchev–Trinajstić information content (AvgIpc) is 2.86. The number of carbonyl (C=O) groups is 1. The summed E-state index contributed by atoms with van der Waals surface area (Å²) in [5.74, 6) is 0.327. The van der Waals surface area contributed by atoms with Crippen LogP contribution in [-0.2, 0) is 16.1 Å². The number of nitrogen functional groups attached to an aromatic ring is 1. The van der Waals surface area contributed by atoms with Crippen LogP contribution in [0.5, 0.6) is 0 Å². The summed E-state index contributed by atoms with van der Waals surface area (Å²) < 4.78 is 6.42. The van der Waals surface area contributed by atoms with Crippen LogP contribution in [0.25, 0.3) is 11.4 Å². The maximum atomic E-state index is 11.7. The van der Waals surface area contributed by atoms with E-state index in [9.17, 15) is 4.79 Å². The summed E-state index contributed by atoms with van der Waals surface area (Å²) in [5.41, 5.74) is 6.57. The zero-order chi connectivity index (χ0) is 14.8. The fourth-order valence-corrected chi connectivity index (χ4v) is 1.88. The highest BCUT2D eigenvalue weighted by Gasteiger charge is 2.29. The first-order valence-corrected chi connectivity index (χ1v) is 6.26. The summed E-state index contributed by atoms with van der Waals surface area (Å²) in [4.78, 5) is 15.9. The van der Waals surface area contributed by atoms with Crippen LogP contribution in [0, 0.1) is 5.41 Å². The zero-order valence-corrected chi connectivity index (χ0v) is 11.8. The fourth-order valence-electron chi connectivity index (χ4n) is 1.88. The molecule has 0 spiro atoms. The molecule has 0 atom stereocenters. The van der Waals surface area contributed by atoms with E-state index in [2.05, 4.69) is 10.1 Å². The number of esters is 1. The standard InChI is InChI=1S/C14H18N4O2/c1-14(2,13(19)20-3)8-18-9-16-12(17-18)10-4-6-11(15)7-5-10/h4-7,9H,8,15H2,1-3H3. The summed E-state index contributed by atoms with van der Waals surface area (Å²) in [6, 6.07) is 7.32. The molecular weight excluding hydrogens is 256 g/mol. The minimum absolute atomic E-state index is 0.276. The molecule has 0 bridgehead atoms. The average molecular weight is 274 g/mol. The summed E-state index contributed by atoms with van der Waals surface area (Å²) in [7, 11) is 1.38. The molecule has 0 unspecified atom stereocenters. The maximum Gasteiger partial charge on any atom is 0.313 e. The first kappa shape index (κ1) is 14.0. The van der Waals surface area contributed by atoms with E-state index in [1.165, 1.54) is 7.11 Å². The third-order valence-electron chi connectivity index (χ3n) is 3.00. The molecule has 1 heterocycles. The molecule has 6 heteroatoms. The highest BCUT2D eigenvalue weighted by atomic mass is 16.5. The second-order valence-electron chi connectivity index (χ2n) is 5.26. The third kappa shape index (κ3) is 2.96. The Kier molecular flexibility index (Phi) is 3.74. The number of aromatic nitrogens is 3. The van der Waals surface area contributed by atoms with Crippen molar-refractivity contribution in [2.45, 2.75) is 20.4 Å². The van der Waals surface area contributed by atoms with Crippen molar-refractivity contribution in [3.8, 4) is 11.4 Å². The number of hydrogen-bond acceptors (Lipinski definition) is 5. The molecule has 2 rings (SSSR count). The highest BCUT2D eigenvalue weighted by Crippen LogP contribution is 2.21. The Labute approximate surface area is 117 Å². The number of nitrogens with zero attached hydrogens (tertiary/aromatic N) is 3. The number of nitrogens with two attached hydrogens (primary N) is 1. The van der Waals surface area contributed by atoms with Crippen molar-refractivity contribution >= 4 is 11.7 Å². The maximum absolute atomic E-state index is 11.7. The van der Waals surface area contributed by atoms with Crippen LogP contribution in [0.4, 0.5) is 5.69 Å². The first-order valence-electron chi connectivity index (χ1n) is 6.26. The predicted octanol–water partition coefficient (Wildman–Crippen LogP) is 1.73. The molecule has 0 radical (unpaired) electrons. The first-order chi connectivity index (χ1) is 9.42. The van der Waals surface area contributed by atoms with E-state index in [4.69, 9.17) is 10.5 Å². The van der Waals surface area contributed by atoms with Crippen molar-refractivity contribution in [2.75, 3.05) is 12.8 Å². The summed E-state index contributed by atoms with van der Waals surface area (Å²) in [5, 5.41) is 4.37. The molecule has 6 nitrogen and oxygen atoms in total. The van der Waals surface area contributed by atoms with Crippen LogP contribution < -0.4 is 5.73 Å². The van der Waals surface area contributed by atoms with Gasteiger partial charge in [0, 0.05) is 11.3 Å². The molecule has 2 N–H and O–H groups in total. The molecule has 0 saturated carbocycles. The van der Waals surface area contributed by atoms with Crippen molar-refractivity contribution in [2.24, 2.45) is 5.41 Å². The van der Waals surface area contributed by atoms with E-state index in [0.717, 1.165) is 5.56 Å². The fraction of sp³-hybridized carbons (Fsp3) is 0.357. The summed E-state index contributed by atoms with van der Waals surface area (Å²) in [6.45, 7) is 4.02. The molecule has 0 aliphatic heterocycles. The number of anilines is 1. The van der Waals surface area contributed by atoms with Gasteiger partial charge in [-0.25, -0.2) is 4.98 Å². The van der Waals surface area contributed by atoms with Crippen molar-refractivity contribution < 1.29 is 9.53 Å². The predicted molar refractivity (Wildman–Crippen MR) is 75.7 cm³/mol. The Morgan fingerprint density at radius 2 is 2.00 bits per heavy atom. The van der Waals surface area contributed by atoms with Crippen molar-refractivity contribution in [3.05, 3.63) is 30.6 Å². The number of carbonyl (C=O) groups excluding carboxylic acids is 1. The lowest BCUT2D eigenvalue weighted by molar-refractivity contribution is -0.151. The van der Waals surface area contributed by atoms with Crippen LogP contribution in [0.2, 0.25) is 0 Å². The monoisotopic (exact) mass is 274 g/mol. The van der Waals surface area contributed by atoms with Gasteiger partial charge in [0.05, 0.1) is 19.1 Å². The van der Waals surface area contributed by atoms with Crippen LogP contribution in [-0.4, -0.2) is 27.8 Å². The molecular formula is C14H18N4O2. The normalized spacial score (nSPS) is 11.3. The van der Waals surface area contributed by atoms with E-state index in [1.807, 2.05) is 26.0 Å². The van der Waals surface area contributed by atoms with Crippen LogP contribution >= 0.6 is 0 Å². The Hall–Kier alpha value is -2.37. The lowest BCUT2D eigenvalue weighted by Crippen LogP contribution is -2.30. The number of rotatable bonds is 4. The zero-order valence-electron chi connectivity index (χ0n) is 11.8. The van der Waals surface area contributed by atoms with Gasteiger partial charge in [-0.05, 0) is 38.1 Å². The number of methoxy groups -OCH3 is 1. The molecule has 0 amide bonds. The SMILES string of the molecule is COC(=O)C(C)(C)Cn1cnc(-c2ccc(N)cc2)n1. The molecule has 1 aromatic heterocycles. The molecule has 0 aliphatic rings. The summed E-state index contributed by atoms with van der Waals surface area (Å²) >= 11 is 0. The van der Waals surface area contributed by atoms with Crippen molar-refractivity contribution in [1.29, 1.82) is 0 Å². The second-order valence-corrected chi connectivity index (χ2v) is 5.26. The van der Waals surface area contributed by atoms with Gasteiger partial charge in [-0.2, -0.15) is 5.10 Å². The third-order valence-corrected chi connectivity index (χ3v) is 3.00. The van der Waals surface area contributed by atoms with Gasteiger partial charge in [-0.1, -0.05) is 0 Å². The molecule has 0 saturated heterocycles. The Morgan fingerprint density at radius 3 is 2.60 bits per heavy atom. The van der Waals surface area contributed by atoms with Gasteiger partial charge in [0.25, 0.3) is 0 Å². The van der Waals surface area contributed by atoms with E-state index in [0.29, 0.717) is 18.1 Å². The smallest absolute Gasteiger partial charge is 0.313 e. The molecule has 0 aliphatic carbocycles. The van der Waals surface area contributed by atoms with Crippen LogP contribution in [0.15, 0.2) is 30.6 Å². The molecule has 1 aromatic carbocycles. The van der Waals surface area contributed by atoms with Crippen LogP contribution in [0.3, 0.4) is 0 Å². The van der Waals surface area contributed by atoms with Crippen LogP contribution in [0.1, 0.15) is 13.8 Å². The molecule has 20 heavy (non-hydrogen) atoms. The number of benzene rings is 1. The number of hydrogen-bond donors (Lipinski definition) is 1. The van der Waals surface area contributed by atoms with Crippen molar-refractivity contribution in [3.63, 3.8) is 0 Å². The van der Waals surface area contributed by atoms with E-state index >= 15 is 0 Å². The van der Waals surface area contributed by atoms with Gasteiger partial charge in [0.2, 0.25) is 0 Å². The summed E-state index contributed by atoms with van der Waals surface area (Å²) in [6.07, 6.45) is 1.61. The minimum Gasteiger partial charge on any atom is -0.469 e. The Morgan fingerprint density at radius 1 is 1.35 bits per heavy atom. The van der Waals surface area contributed by atoms with E-state index in [-0.39, 0.29) is 5.97 Å². The lowest BCUT2D eigenvalue weighted by atomic mass is 9.94. The van der Waals surface area contributed by atoms with Gasteiger partial charge < -0.3 is 10.5 Å². The quantitative estimate of drug-likeness (QED) is 0.678. The van der Waals surface area contributed by atoms with Gasteiger partial charge >= 0.3 is 5.97 Å². The second kappa shape index (κ2) is 5.32. The Bertz CT molecular complexity index is 602. The molecule has 106 valence electrons. The van der Waals surface area contributed by atoms with Gasteiger partial charge in [0.15, 0.2) is 5.82 Å². The van der Waals surface area contributed by atoms with Gasteiger partial charge in [0.1, 0.15) is 6.33 Å². The molecule has 2 aromatic rings. The van der Waals surface area contributed by atoms with E-state index < -0.39 is 5.41 Å². The van der Waals surface area contributed by atoms with Crippen molar-refractivity contribution in [1.82, 2.24) is 14.8 Å². The van der Waals surface area contributed by atoms with E-state index in [1.54, 1.807) is 23.1 Å². The highest BCUT2D eigenvalue weighted by molar-refractivity contribution is 5.75. The lowest BCUT2D eigenvalue weighted by Gasteiger charge is -2.20. The topological polar surface area (TPSA) is 83.0 Å². The number of ether oxygens (including phenoxy) is 1. The molecule has 0 fully saturated rings. The Balaban J connectivity index is 2.17. The van der Waals surface area contributed by atoms with Gasteiger partial charge in [-0.3, -0.25) is 9.48 Å². The largest absolute Gasteiger partial charge is 0.469 e. The van der Waals surface area contributed by atoms with Gasteiger partial charge in [-0.15, -0.1) is 0 Å². The minimum atomic E-state index is -0.652.